The highest BCUT2D eigenvalue weighted by Crippen LogP contribution is 2.30. The lowest BCUT2D eigenvalue weighted by Crippen LogP contribution is -2.53. The molecule has 0 aliphatic carbocycles. The summed E-state index contributed by atoms with van der Waals surface area (Å²) in [6.45, 7) is 8.24. The first kappa shape index (κ1) is 12.3. The number of aliphatic hydroxyl groups is 1. The van der Waals surface area contributed by atoms with E-state index in [-0.39, 0.29) is 5.54 Å². The second-order valence-electron chi connectivity index (χ2n) is 5.11. The van der Waals surface area contributed by atoms with Gasteiger partial charge in [0.25, 0.3) is 0 Å². The van der Waals surface area contributed by atoms with Gasteiger partial charge >= 0.3 is 0 Å². The molecule has 0 radical (unpaired) electrons. The van der Waals surface area contributed by atoms with Crippen molar-refractivity contribution in [3.63, 3.8) is 0 Å². The van der Waals surface area contributed by atoms with Crippen molar-refractivity contribution >= 4 is 5.82 Å². The van der Waals surface area contributed by atoms with Crippen LogP contribution in [0.4, 0.5) is 5.82 Å². The van der Waals surface area contributed by atoms with Crippen molar-refractivity contribution in [3.05, 3.63) is 23.9 Å². The molecule has 1 N–H and O–H groups in total. The molecule has 1 fully saturated rings. The van der Waals surface area contributed by atoms with E-state index < -0.39 is 6.10 Å². The molecular formula is C13H20N2O2. The molecule has 1 saturated heterocycles. The Hall–Kier alpha value is -1.13. The Kier molecular flexibility index (Phi) is 3.35. The SMILES string of the molecule is CC(O)c1cccnc1N1CCOCC1(C)C. The quantitative estimate of drug-likeness (QED) is 0.849. The fraction of sp³-hybridized carbons (Fsp3) is 0.615. The zero-order valence-electron chi connectivity index (χ0n) is 10.7. The van der Waals surface area contributed by atoms with E-state index in [1.807, 2.05) is 12.1 Å². The van der Waals surface area contributed by atoms with Crippen molar-refractivity contribution in [1.29, 1.82) is 0 Å². The van der Waals surface area contributed by atoms with Gasteiger partial charge in [0.1, 0.15) is 5.82 Å². The molecule has 94 valence electrons. The summed E-state index contributed by atoms with van der Waals surface area (Å²) in [4.78, 5) is 6.65. The van der Waals surface area contributed by atoms with E-state index in [1.165, 1.54) is 0 Å². The summed E-state index contributed by atoms with van der Waals surface area (Å²) in [6.07, 6.45) is 1.27. The summed E-state index contributed by atoms with van der Waals surface area (Å²) >= 11 is 0. The highest BCUT2D eigenvalue weighted by Gasteiger charge is 2.33. The molecule has 1 atom stereocenters. The normalized spacial score (nSPS) is 21.3. The number of hydrogen-bond acceptors (Lipinski definition) is 4. The molecule has 2 rings (SSSR count). The molecule has 1 aromatic heterocycles. The number of nitrogens with zero attached hydrogens (tertiary/aromatic N) is 2. The number of rotatable bonds is 2. The van der Waals surface area contributed by atoms with E-state index >= 15 is 0 Å². The molecular weight excluding hydrogens is 216 g/mol. The lowest BCUT2D eigenvalue weighted by molar-refractivity contribution is 0.0634. The summed E-state index contributed by atoms with van der Waals surface area (Å²) in [6, 6.07) is 3.79. The Labute approximate surface area is 102 Å². The number of morpholine rings is 1. The van der Waals surface area contributed by atoms with Crippen molar-refractivity contribution in [3.8, 4) is 0 Å². The van der Waals surface area contributed by atoms with Crippen LogP contribution in [0.25, 0.3) is 0 Å². The lowest BCUT2D eigenvalue weighted by Gasteiger charge is -2.43. The number of aliphatic hydroxyl groups excluding tert-OH is 1. The Balaban J connectivity index is 2.38. The van der Waals surface area contributed by atoms with Gasteiger partial charge in [-0.2, -0.15) is 0 Å². The first-order valence-electron chi connectivity index (χ1n) is 6.01. The number of aromatic nitrogens is 1. The largest absolute Gasteiger partial charge is 0.389 e. The van der Waals surface area contributed by atoms with Gasteiger partial charge in [0, 0.05) is 18.3 Å². The summed E-state index contributed by atoms with van der Waals surface area (Å²) in [5, 5.41) is 9.81. The van der Waals surface area contributed by atoms with Crippen LogP contribution >= 0.6 is 0 Å². The molecule has 0 aromatic carbocycles. The van der Waals surface area contributed by atoms with Crippen molar-refractivity contribution in [2.24, 2.45) is 0 Å². The van der Waals surface area contributed by atoms with Gasteiger partial charge < -0.3 is 14.7 Å². The Morgan fingerprint density at radius 3 is 2.94 bits per heavy atom. The zero-order valence-corrected chi connectivity index (χ0v) is 10.7. The maximum absolute atomic E-state index is 9.81. The third-order valence-corrected chi connectivity index (χ3v) is 3.17. The minimum atomic E-state index is -0.502. The minimum Gasteiger partial charge on any atom is -0.389 e. The molecule has 4 nitrogen and oxygen atoms in total. The van der Waals surface area contributed by atoms with Crippen LogP contribution < -0.4 is 4.90 Å². The summed E-state index contributed by atoms with van der Waals surface area (Å²) in [5.74, 6) is 0.871. The minimum absolute atomic E-state index is 0.0871. The fourth-order valence-electron chi connectivity index (χ4n) is 2.21. The van der Waals surface area contributed by atoms with Crippen LogP contribution in [-0.4, -0.2) is 35.4 Å². The van der Waals surface area contributed by atoms with Crippen LogP contribution in [-0.2, 0) is 4.74 Å². The monoisotopic (exact) mass is 236 g/mol. The lowest BCUT2D eigenvalue weighted by atomic mass is 10.0. The van der Waals surface area contributed by atoms with Crippen molar-refractivity contribution in [2.45, 2.75) is 32.4 Å². The van der Waals surface area contributed by atoms with Crippen LogP contribution in [0.5, 0.6) is 0 Å². The van der Waals surface area contributed by atoms with Crippen molar-refractivity contribution < 1.29 is 9.84 Å². The van der Waals surface area contributed by atoms with E-state index in [1.54, 1.807) is 13.1 Å². The number of pyridine rings is 1. The zero-order chi connectivity index (χ0) is 12.5. The molecule has 2 heterocycles. The van der Waals surface area contributed by atoms with Gasteiger partial charge in [-0.15, -0.1) is 0 Å². The molecule has 4 heteroatoms. The molecule has 0 bridgehead atoms. The Morgan fingerprint density at radius 2 is 2.29 bits per heavy atom. The predicted octanol–water partition coefficient (Wildman–Crippen LogP) is 1.75. The second kappa shape index (κ2) is 4.63. The van der Waals surface area contributed by atoms with Crippen molar-refractivity contribution in [2.75, 3.05) is 24.7 Å². The van der Waals surface area contributed by atoms with Gasteiger partial charge in [0.05, 0.1) is 24.9 Å². The smallest absolute Gasteiger partial charge is 0.134 e. The van der Waals surface area contributed by atoms with E-state index in [4.69, 9.17) is 4.74 Å². The van der Waals surface area contributed by atoms with Gasteiger partial charge in [-0.3, -0.25) is 0 Å². The maximum atomic E-state index is 9.81. The van der Waals surface area contributed by atoms with Gasteiger partial charge in [0.2, 0.25) is 0 Å². The number of ether oxygens (including phenoxy) is 1. The maximum Gasteiger partial charge on any atom is 0.134 e. The van der Waals surface area contributed by atoms with Crippen LogP contribution in [0, 0.1) is 0 Å². The number of hydrogen-bond donors (Lipinski definition) is 1. The highest BCUT2D eigenvalue weighted by atomic mass is 16.5. The third-order valence-electron chi connectivity index (χ3n) is 3.17. The van der Waals surface area contributed by atoms with Gasteiger partial charge in [0.15, 0.2) is 0 Å². The second-order valence-corrected chi connectivity index (χ2v) is 5.11. The van der Waals surface area contributed by atoms with Crippen LogP contribution in [0.1, 0.15) is 32.4 Å². The van der Waals surface area contributed by atoms with Crippen LogP contribution in [0.2, 0.25) is 0 Å². The molecule has 1 aliphatic rings. The highest BCUT2D eigenvalue weighted by molar-refractivity contribution is 5.50. The summed E-state index contributed by atoms with van der Waals surface area (Å²) in [5.41, 5.74) is 0.790. The third kappa shape index (κ3) is 2.42. The molecule has 1 aliphatic heterocycles. The molecule has 1 unspecified atom stereocenters. The van der Waals surface area contributed by atoms with E-state index in [9.17, 15) is 5.11 Å². The van der Waals surface area contributed by atoms with Crippen molar-refractivity contribution in [1.82, 2.24) is 4.98 Å². The van der Waals surface area contributed by atoms with Gasteiger partial charge in [-0.25, -0.2) is 4.98 Å². The van der Waals surface area contributed by atoms with Gasteiger partial charge in [-0.1, -0.05) is 6.07 Å². The van der Waals surface area contributed by atoms with Gasteiger partial charge in [-0.05, 0) is 26.8 Å². The molecule has 0 spiro atoms. The van der Waals surface area contributed by atoms with E-state index in [0.717, 1.165) is 17.9 Å². The molecule has 0 saturated carbocycles. The first-order valence-corrected chi connectivity index (χ1v) is 6.01. The topological polar surface area (TPSA) is 45.6 Å². The summed E-state index contributed by atoms with van der Waals surface area (Å²) in [7, 11) is 0. The van der Waals surface area contributed by atoms with Crippen LogP contribution in [0.15, 0.2) is 18.3 Å². The van der Waals surface area contributed by atoms with Crippen LogP contribution in [0.3, 0.4) is 0 Å². The van der Waals surface area contributed by atoms with E-state index in [0.29, 0.717) is 13.2 Å². The first-order chi connectivity index (χ1) is 8.02. The predicted molar refractivity (Wildman–Crippen MR) is 67.1 cm³/mol. The number of anilines is 1. The molecule has 1 aromatic rings. The fourth-order valence-corrected chi connectivity index (χ4v) is 2.21. The molecule has 17 heavy (non-hydrogen) atoms. The summed E-state index contributed by atoms with van der Waals surface area (Å²) < 4.78 is 5.50. The molecule has 0 amide bonds. The standard InChI is InChI=1S/C13H20N2O2/c1-10(16)11-5-4-6-14-12(11)15-7-8-17-9-13(15,2)3/h4-6,10,16H,7-9H2,1-3H3. The Bertz CT molecular complexity index is 391. The average molecular weight is 236 g/mol. The average Bonchev–Trinajstić information content (AvgIpc) is 2.28. The Morgan fingerprint density at radius 1 is 1.53 bits per heavy atom. The van der Waals surface area contributed by atoms with E-state index in [2.05, 4.69) is 23.7 Å².